The van der Waals surface area contributed by atoms with E-state index in [9.17, 15) is 43.2 Å². The summed E-state index contributed by atoms with van der Waals surface area (Å²) in [6, 6.07) is -0.760. The summed E-state index contributed by atoms with van der Waals surface area (Å²) in [6.45, 7) is 15.8. The Balaban J connectivity index is 2.14. The highest BCUT2D eigenvalue weighted by molar-refractivity contribution is 6.31. The lowest BCUT2D eigenvalue weighted by atomic mass is 10.0. The fourth-order valence-corrected chi connectivity index (χ4v) is 6.89. The van der Waals surface area contributed by atoms with E-state index in [-0.39, 0.29) is 44.2 Å². The van der Waals surface area contributed by atoms with Crippen molar-refractivity contribution in [2.45, 2.75) is 163 Å². The number of rotatable bonds is 26. The van der Waals surface area contributed by atoms with Crippen LogP contribution < -0.4 is 42.5 Å². The molecule has 20 nitrogen and oxygen atoms in total. The molecule has 0 bridgehead atoms. The molecule has 0 spiro atoms. The van der Waals surface area contributed by atoms with Crippen molar-refractivity contribution >= 4 is 65.0 Å². The number of hydrogen-bond acceptors (Lipinski definition) is 12. The molecule has 0 aromatic heterocycles. The van der Waals surface area contributed by atoms with Gasteiger partial charge in [-0.15, -0.1) is 5.06 Å². The zero-order valence-corrected chi connectivity index (χ0v) is 40.6. The molecule has 0 aliphatic carbocycles. The highest BCUT2D eigenvalue weighted by Crippen LogP contribution is 2.16. The molecule has 8 N–H and O–H groups in total. The van der Waals surface area contributed by atoms with Crippen LogP contribution in [-0.2, 0) is 54.5 Å². The van der Waals surface area contributed by atoms with Crippen molar-refractivity contribution in [3.05, 3.63) is 34.9 Å². The molecule has 21 heteroatoms. The van der Waals surface area contributed by atoms with E-state index < -0.39 is 95.7 Å². The molecule has 8 amide bonds. The summed E-state index contributed by atoms with van der Waals surface area (Å²) in [5.41, 5.74) is 0.627. The van der Waals surface area contributed by atoms with E-state index >= 15 is 0 Å². The number of alkyl carbamates (subject to hydrolysis) is 1. The van der Waals surface area contributed by atoms with Gasteiger partial charge >= 0.3 is 12.1 Å². The Bertz CT molecular complexity index is 1810. The van der Waals surface area contributed by atoms with Crippen LogP contribution in [0.2, 0.25) is 5.02 Å². The maximum Gasteiger partial charge on any atom is 0.407 e. The SMILES string of the molecule is CC(=O)N[C@@H](C)C(=O)N[C@@H](CC(C)C)C(=O)N[C@@H](C)C(=O)N[C@@H](CCCCNC(=O)OCc1ccccc1Cl)C(=O)N[C@@H](C)C(=O)N[C@@H](CC(C)C)C(=O)N[C@@H](C)C(=O)ON1CCCCC1. The van der Waals surface area contributed by atoms with Gasteiger partial charge in [0.2, 0.25) is 41.4 Å². The van der Waals surface area contributed by atoms with Crippen LogP contribution in [0.15, 0.2) is 24.3 Å². The first-order chi connectivity index (χ1) is 31.1. The number of carbonyl (C=O) groups excluding carboxylic acids is 9. The Morgan fingerprint density at radius 3 is 1.56 bits per heavy atom. The Kier molecular flexibility index (Phi) is 25.1. The average Bonchev–Trinajstić information content (AvgIpc) is 3.24. The lowest BCUT2D eigenvalue weighted by Crippen LogP contribution is -2.59. The van der Waals surface area contributed by atoms with Gasteiger partial charge in [0.25, 0.3) is 0 Å². The first-order valence-electron chi connectivity index (χ1n) is 22.8. The smallest absolute Gasteiger partial charge is 0.407 e. The van der Waals surface area contributed by atoms with Crippen molar-refractivity contribution in [2.24, 2.45) is 11.8 Å². The van der Waals surface area contributed by atoms with Gasteiger partial charge < -0.3 is 52.1 Å². The number of unbranched alkanes of at least 4 members (excludes halogenated alkanes) is 1. The topological polar surface area (TPSA) is 272 Å². The van der Waals surface area contributed by atoms with Crippen LogP contribution in [0.4, 0.5) is 4.79 Å². The zero-order valence-electron chi connectivity index (χ0n) is 39.8. The Hall–Kier alpha value is -5.50. The standard InChI is InChI=1S/C45H72ClN9O11/c1-26(2)23-36(53-38(57)28(5)48-32(9)56)42(61)50-29(6)39(58)52-35(19-13-14-20-47-45(64)65-25-33-17-11-12-18-34(33)46)41(60)49-30(7)40(59)54-37(24-27(3)4)43(62)51-31(8)44(63)66-55-21-15-10-16-22-55/h11-12,17-18,26-31,35-37H,10,13-16,19-25H2,1-9H3,(H,47,64)(H,48,56)(H,49,60)(H,50,61)(H,51,62)(H,52,58)(H,53,57)(H,54,59)/t28-,29-,30-,31-,35-,36-,37-/m0/s1. The van der Waals surface area contributed by atoms with Gasteiger partial charge in [-0.3, -0.25) is 33.6 Å². The second-order valence-electron chi connectivity index (χ2n) is 17.5. The third kappa shape index (κ3) is 21.7. The van der Waals surface area contributed by atoms with Crippen molar-refractivity contribution in [2.75, 3.05) is 19.6 Å². The summed E-state index contributed by atoms with van der Waals surface area (Å²) in [4.78, 5) is 123. The number of nitrogens with zero attached hydrogens (tertiary/aromatic N) is 1. The number of nitrogens with one attached hydrogen (secondary N) is 8. The van der Waals surface area contributed by atoms with Gasteiger partial charge in [0.05, 0.1) is 0 Å². The van der Waals surface area contributed by atoms with E-state index in [1.54, 1.807) is 29.3 Å². The molecule has 1 aliphatic heterocycles. The maximum atomic E-state index is 13.8. The second kappa shape index (κ2) is 29.2. The van der Waals surface area contributed by atoms with Crippen LogP contribution in [-0.4, -0.2) is 120 Å². The molecule has 1 fully saturated rings. The fraction of sp³-hybridized carbons (Fsp3) is 0.667. The number of hydroxylamine groups is 2. The highest BCUT2D eigenvalue weighted by atomic mass is 35.5. The van der Waals surface area contributed by atoms with Crippen molar-refractivity contribution in [3.63, 3.8) is 0 Å². The third-order valence-corrected chi connectivity index (χ3v) is 10.8. The minimum Gasteiger partial charge on any atom is -0.445 e. The first-order valence-corrected chi connectivity index (χ1v) is 23.2. The van der Waals surface area contributed by atoms with Crippen molar-refractivity contribution < 1.29 is 52.7 Å². The van der Waals surface area contributed by atoms with Crippen LogP contribution in [0, 0.1) is 11.8 Å². The molecule has 1 aliphatic rings. The Morgan fingerprint density at radius 1 is 0.591 bits per heavy atom. The molecular weight excluding hydrogens is 878 g/mol. The van der Waals surface area contributed by atoms with E-state index in [0.717, 1.165) is 19.3 Å². The molecule has 0 saturated carbocycles. The highest BCUT2D eigenvalue weighted by Gasteiger charge is 2.32. The molecule has 66 heavy (non-hydrogen) atoms. The van der Waals surface area contributed by atoms with Gasteiger partial charge in [0.1, 0.15) is 48.9 Å². The minimum atomic E-state index is -1.23. The minimum absolute atomic E-state index is 0.0415. The van der Waals surface area contributed by atoms with Crippen LogP contribution >= 0.6 is 11.6 Å². The number of ether oxygens (including phenoxy) is 1. The van der Waals surface area contributed by atoms with Crippen LogP contribution in [0.1, 0.15) is 119 Å². The molecule has 1 aromatic carbocycles. The second-order valence-corrected chi connectivity index (χ2v) is 18.0. The maximum absolute atomic E-state index is 13.8. The predicted octanol–water partition coefficient (Wildman–Crippen LogP) is 2.27. The summed E-state index contributed by atoms with van der Waals surface area (Å²) in [5.74, 6) is -5.23. The summed E-state index contributed by atoms with van der Waals surface area (Å²) in [7, 11) is 0. The number of benzene rings is 1. The number of carbonyl (C=O) groups is 9. The Labute approximate surface area is 393 Å². The molecule has 2 rings (SSSR count). The lowest BCUT2D eigenvalue weighted by molar-refractivity contribution is -0.196. The van der Waals surface area contributed by atoms with Crippen molar-refractivity contribution in [1.82, 2.24) is 47.6 Å². The summed E-state index contributed by atoms with van der Waals surface area (Å²) < 4.78 is 5.24. The summed E-state index contributed by atoms with van der Waals surface area (Å²) in [6.07, 6.45) is 3.27. The molecule has 7 atom stereocenters. The third-order valence-electron chi connectivity index (χ3n) is 10.4. The van der Waals surface area contributed by atoms with Gasteiger partial charge in [-0.05, 0) is 90.5 Å². The van der Waals surface area contributed by atoms with Gasteiger partial charge in [-0.1, -0.05) is 63.9 Å². The van der Waals surface area contributed by atoms with Gasteiger partial charge in [-0.2, -0.15) is 0 Å². The monoisotopic (exact) mass is 950 g/mol. The summed E-state index contributed by atoms with van der Waals surface area (Å²) in [5, 5.41) is 22.9. The molecule has 370 valence electrons. The van der Waals surface area contributed by atoms with E-state index in [2.05, 4.69) is 42.5 Å². The zero-order chi connectivity index (χ0) is 49.5. The van der Waals surface area contributed by atoms with E-state index in [0.29, 0.717) is 36.5 Å². The van der Waals surface area contributed by atoms with Crippen LogP contribution in [0.5, 0.6) is 0 Å². The number of amides is 8. The number of piperidine rings is 1. The molecule has 0 unspecified atom stereocenters. The number of halogens is 1. The summed E-state index contributed by atoms with van der Waals surface area (Å²) >= 11 is 6.14. The van der Waals surface area contributed by atoms with E-state index in [1.807, 2.05) is 27.7 Å². The molecular formula is C45H72ClN9O11. The van der Waals surface area contributed by atoms with E-state index in [4.69, 9.17) is 21.2 Å². The van der Waals surface area contributed by atoms with Gasteiger partial charge in [0.15, 0.2) is 0 Å². The normalized spacial score (nSPS) is 15.9. The van der Waals surface area contributed by atoms with Crippen LogP contribution in [0.3, 0.4) is 0 Å². The average molecular weight is 951 g/mol. The van der Waals surface area contributed by atoms with E-state index in [1.165, 1.54) is 34.6 Å². The Morgan fingerprint density at radius 2 is 1.06 bits per heavy atom. The lowest BCUT2D eigenvalue weighted by Gasteiger charge is -2.27. The van der Waals surface area contributed by atoms with Gasteiger partial charge in [-0.25, -0.2) is 9.59 Å². The molecule has 0 radical (unpaired) electrons. The van der Waals surface area contributed by atoms with Crippen molar-refractivity contribution in [1.29, 1.82) is 0 Å². The predicted molar refractivity (Wildman–Crippen MR) is 246 cm³/mol. The van der Waals surface area contributed by atoms with Crippen molar-refractivity contribution in [3.8, 4) is 0 Å². The fourth-order valence-electron chi connectivity index (χ4n) is 6.70. The molecule has 1 aromatic rings. The largest absolute Gasteiger partial charge is 0.445 e. The first kappa shape index (κ1) is 56.6. The molecule has 1 saturated heterocycles. The van der Waals surface area contributed by atoms with Gasteiger partial charge in [0, 0.05) is 37.1 Å². The number of hydrogen-bond donors (Lipinski definition) is 8. The molecule has 1 heterocycles. The quantitative estimate of drug-likeness (QED) is 0.0622. The van der Waals surface area contributed by atoms with Crippen LogP contribution in [0.25, 0.3) is 0 Å².